The van der Waals surface area contributed by atoms with Crippen molar-refractivity contribution in [1.82, 2.24) is 4.90 Å². The smallest absolute Gasteiger partial charge is 0.229 e. The van der Waals surface area contributed by atoms with Crippen LogP contribution in [0.4, 0.5) is 10.1 Å². The summed E-state index contributed by atoms with van der Waals surface area (Å²) in [5.41, 5.74) is 1.80. The number of carbonyl (C=O) groups is 2. The number of likely N-dealkylation sites (tertiary alicyclic amines) is 1. The number of nitrogens with one attached hydrogen (secondary N) is 1. The summed E-state index contributed by atoms with van der Waals surface area (Å²) >= 11 is 0. The first kappa shape index (κ1) is 18.9. The van der Waals surface area contributed by atoms with Crippen LogP contribution in [-0.4, -0.2) is 30.9 Å². The molecule has 0 bridgehead atoms. The Morgan fingerprint density at radius 2 is 1.93 bits per heavy atom. The average Bonchev–Trinajstić information content (AvgIpc) is 2.67. The van der Waals surface area contributed by atoms with E-state index in [0.717, 1.165) is 5.56 Å². The maximum atomic E-state index is 13.8. The molecule has 142 valence electrons. The van der Waals surface area contributed by atoms with E-state index < -0.39 is 5.92 Å². The van der Waals surface area contributed by atoms with Crippen LogP contribution in [0.2, 0.25) is 0 Å². The predicted molar refractivity (Wildman–Crippen MR) is 101 cm³/mol. The third-order valence-corrected chi connectivity index (χ3v) is 5.09. The van der Waals surface area contributed by atoms with Crippen LogP contribution in [0.3, 0.4) is 0 Å². The Balaban J connectivity index is 1.86. The third-order valence-electron chi connectivity index (χ3n) is 5.09. The lowest BCUT2D eigenvalue weighted by Crippen LogP contribution is -2.44. The van der Waals surface area contributed by atoms with Crippen LogP contribution < -0.4 is 10.1 Å². The topological polar surface area (TPSA) is 58.6 Å². The Morgan fingerprint density at radius 1 is 1.22 bits per heavy atom. The normalized spacial score (nSPS) is 19.7. The minimum atomic E-state index is -0.426. The molecular formula is C21H23FN2O3. The van der Waals surface area contributed by atoms with Gasteiger partial charge in [-0.3, -0.25) is 9.59 Å². The van der Waals surface area contributed by atoms with Crippen LogP contribution in [0.15, 0.2) is 42.5 Å². The highest BCUT2D eigenvalue weighted by Crippen LogP contribution is 2.37. The van der Waals surface area contributed by atoms with E-state index >= 15 is 0 Å². The van der Waals surface area contributed by atoms with Gasteiger partial charge in [-0.25, -0.2) is 4.39 Å². The molecule has 0 radical (unpaired) electrons. The van der Waals surface area contributed by atoms with Gasteiger partial charge in [0.25, 0.3) is 0 Å². The highest BCUT2D eigenvalue weighted by Gasteiger charge is 2.38. The highest BCUT2D eigenvalue weighted by atomic mass is 19.1. The number of halogens is 1. The highest BCUT2D eigenvalue weighted by molar-refractivity contribution is 5.94. The predicted octanol–water partition coefficient (Wildman–Crippen LogP) is 3.69. The van der Waals surface area contributed by atoms with Crippen LogP contribution in [0.1, 0.15) is 30.0 Å². The number of hydrogen-bond acceptors (Lipinski definition) is 3. The lowest BCUT2D eigenvalue weighted by Gasteiger charge is -2.38. The van der Waals surface area contributed by atoms with Crippen molar-refractivity contribution in [2.24, 2.45) is 5.92 Å². The van der Waals surface area contributed by atoms with Gasteiger partial charge in [0.05, 0.1) is 19.1 Å². The van der Waals surface area contributed by atoms with Gasteiger partial charge in [0, 0.05) is 19.2 Å². The molecule has 0 spiro atoms. The molecule has 2 aromatic rings. The molecule has 0 saturated carbocycles. The maximum absolute atomic E-state index is 13.8. The zero-order valence-electron chi connectivity index (χ0n) is 15.7. The Hall–Kier alpha value is -2.89. The molecule has 1 fully saturated rings. The number of nitrogens with zero attached hydrogens (tertiary/aromatic N) is 1. The SMILES string of the molecule is COc1ccc([C@H]2[C@H](C(=O)Nc3ccc(C)c(F)c3)CCC(=O)N2C)cc1. The lowest BCUT2D eigenvalue weighted by molar-refractivity contribution is -0.140. The molecule has 1 N–H and O–H groups in total. The fraction of sp³-hybridized carbons (Fsp3) is 0.333. The molecule has 6 heteroatoms. The minimum Gasteiger partial charge on any atom is -0.497 e. The van der Waals surface area contributed by atoms with Crippen LogP contribution >= 0.6 is 0 Å². The first-order chi connectivity index (χ1) is 12.9. The van der Waals surface area contributed by atoms with E-state index in [0.29, 0.717) is 29.8 Å². The molecule has 5 nitrogen and oxygen atoms in total. The number of benzene rings is 2. The van der Waals surface area contributed by atoms with Gasteiger partial charge in [-0.05, 0) is 48.7 Å². The van der Waals surface area contributed by atoms with Gasteiger partial charge in [-0.1, -0.05) is 18.2 Å². The number of methoxy groups -OCH3 is 1. The van der Waals surface area contributed by atoms with E-state index in [4.69, 9.17) is 4.74 Å². The summed E-state index contributed by atoms with van der Waals surface area (Å²) < 4.78 is 19.0. The summed E-state index contributed by atoms with van der Waals surface area (Å²) in [6.07, 6.45) is 0.754. The Labute approximate surface area is 158 Å². The van der Waals surface area contributed by atoms with E-state index in [2.05, 4.69) is 5.32 Å². The summed E-state index contributed by atoms with van der Waals surface area (Å²) in [6, 6.07) is 11.6. The lowest BCUT2D eigenvalue weighted by atomic mass is 9.84. The van der Waals surface area contributed by atoms with Gasteiger partial charge < -0.3 is 15.0 Å². The number of hydrogen-bond donors (Lipinski definition) is 1. The monoisotopic (exact) mass is 370 g/mol. The molecule has 0 aromatic heterocycles. The van der Waals surface area contributed by atoms with Crippen LogP contribution in [0.5, 0.6) is 5.75 Å². The maximum Gasteiger partial charge on any atom is 0.229 e. The number of piperidine rings is 1. The van der Waals surface area contributed by atoms with Gasteiger partial charge in [0.15, 0.2) is 0 Å². The van der Waals surface area contributed by atoms with Crippen molar-refractivity contribution in [3.63, 3.8) is 0 Å². The summed E-state index contributed by atoms with van der Waals surface area (Å²) in [4.78, 5) is 26.8. The number of rotatable bonds is 4. The van der Waals surface area contributed by atoms with Gasteiger partial charge in [0.2, 0.25) is 11.8 Å². The van der Waals surface area contributed by atoms with E-state index in [1.807, 2.05) is 24.3 Å². The number of amides is 2. The first-order valence-electron chi connectivity index (χ1n) is 8.87. The van der Waals surface area contributed by atoms with E-state index in [1.165, 1.54) is 6.07 Å². The van der Waals surface area contributed by atoms with Crippen LogP contribution in [0.25, 0.3) is 0 Å². The number of ether oxygens (including phenoxy) is 1. The molecule has 1 saturated heterocycles. The van der Waals surface area contributed by atoms with Crippen molar-refractivity contribution in [3.8, 4) is 5.75 Å². The summed E-state index contributed by atoms with van der Waals surface area (Å²) in [6.45, 7) is 1.67. The van der Waals surface area contributed by atoms with E-state index in [-0.39, 0.29) is 23.7 Å². The van der Waals surface area contributed by atoms with Crippen molar-refractivity contribution in [2.75, 3.05) is 19.5 Å². The van der Waals surface area contributed by atoms with Gasteiger partial charge in [-0.15, -0.1) is 0 Å². The van der Waals surface area contributed by atoms with Crippen molar-refractivity contribution < 1.29 is 18.7 Å². The second-order valence-electron chi connectivity index (χ2n) is 6.82. The largest absolute Gasteiger partial charge is 0.497 e. The van der Waals surface area contributed by atoms with Gasteiger partial charge in [-0.2, -0.15) is 0 Å². The Bertz CT molecular complexity index is 851. The second kappa shape index (κ2) is 7.78. The Kier molecular flexibility index (Phi) is 5.44. The zero-order chi connectivity index (χ0) is 19.6. The third kappa shape index (κ3) is 3.94. The van der Waals surface area contributed by atoms with E-state index in [1.54, 1.807) is 38.1 Å². The molecule has 1 aliphatic heterocycles. The molecule has 2 atom stereocenters. The van der Waals surface area contributed by atoms with Crippen molar-refractivity contribution in [2.45, 2.75) is 25.8 Å². The van der Waals surface area contributed by atoms with Crippen LogP contribution in [0, 0.1) is 18.7 Å². The molecule has 2 amide bonds. The zero-order valence-corrected chi connectivity index (χ0v) is 15.7. The molecule has 2 aromatic carbocycles. The molecule has 0 aliphatic carbocycles. The summed E-state index contributed by atoms with van der Waals surface area (Å²) in [7, 11) is 3.30. The standard InChI is InChI=1S/C21H23FN2O3/c1-13-4-7-15(12-18(13)22)23-21(26)17-10-11-19(25)24(2)20(17)14-5-8-16(27-3)9-6-14/h4-9,12,17,20H,10-11H2,1-3H3,(H,23,26)/t17-,20+/m1/s1. The fourth-order valence-electron chi connectivity index (χ4n) is 3.48. The summed E-state index contributed by atoms with van der Waals surface area (Å²) in [5, 5.41) is 2.80. The van der Waals surface area contributed by atoms with Crippen LogP contribution in [-0.2, 0) is 9.59 Å². The first-order valence-corrected chi connectivity index (χ1v) is 8.87. The summed E-state index contributed by atoms with van der Waals surface area (Å²) in [5.74, 6) is -0.305. The molecule has 27 heavy (non-hydrogen) atoms. The molecule has 1 aliphatic rings. The van der Waals surface area contributed by atoms with Gasteiger partial charge in [0.1, 0.15) is 11.6 Å². The quantitative estimate of drug-likeness (QED) is 0.893. The van der Waals surface area contributed by atoms with Crippen molar-refractivity contribution in [1.29, 1.82) is 0 Å². The Morgan fingerprint density at radius 3 is 2.56 bits per heavy atom. The second-order valence-corrected chi connectivity index (χ2v) is 6.82. The average molecular weight is 370 g/mol. The minimum absolute atomic E-state index is 0.00116. The number of aryl methyl sites for hydroxylation is 1. The van der Waals surface area contributed by atoms with E-state index in [9.17, 15) is 14.0 Å². The van der Waals surface area contributed by atoms with Crippen molar-refractivity contribution in [3.05, 3.63) is 59.4 Å². The molecular weight excluding hydrogens is 347 g/mol. The van der Waals surface area contributed by atoms with Crippen molar-refractivity contribution >= 4 is 17.5 Å². The molecule has 1 heterocycles. The van der Waals surface area contributed by atoms with Gasteiger partial charge >= 0.3 is 0 Å². The molecule has 0 unspecified atom stereocenters. The fourth-order valence-corrected chi connectivity index (χ4v) is 3.48. The number of anilines is 1. The molecule has 3 rings (SSSR count). The number of carbonyl (C=O) groups excluding carboxylic acids is 2.